The summed E-state index contributed by atoms with van der Waals surface area (Å²) in [5.41, 5.74) is 0.211. The van der Waals surface area contributed by atoms with Gasteiger partial charge in [0.1, 0.15) is 5.82 Å². The summed E-state index contributed by atoms with van der Waals surface area (Å²) in [6.07, 6.45) is 0.657. The van der Waals surface area contributed by atoms with Crippen LogP contribution in [0.3, 0.4) is 0 Å². The molecule has 14 heavy (non-hydrogen) atoms. The molecule has 1 aromatic carbocycles. The monoisotopic (exact) mass is 197 g/mol. The van der Waals surface area contributed by atoms with E-state index in [0.717, 1.165) is 5.69 Å². The van der Waals surface area contributed by atoms with Crippen LogP contribution in [0.2, 0.25) is 0 Å². The van der Waals surface area contributed by atoms with Crippen LogP contribution in [0.4, 0.5) is 10.1 Å². The third-order valence-electron chi connectivity index (χ3n) is 1.91. The molecule has 78 valence electrons. The smallest absolute Gasteiger partial charge is 0.123 e. The highest BCUT2D eigenvalue weighted by Crippen LogP contribution is 2.11. The molecule has 0 saturated carbocycles. The third kappa shape index (κ3) is 4.23. The van der Waals surface area contributed by atoms with Crippen LogP contribution in [-0.2, 0) is 0 Å². The van der Waals surface area contributed by atoms with Crippen molar-refractivity contribution < 1.29 is 9.50 Å². The molecule has 0 aliphatic heterocycles. The fraction of sp³-hybridized carbons (Fsp3) is 0.455. The number of rotatable bonds is 4. The minimum atomic E-state index is -0.660. The second kappa shape index (κ2) is 4.42. The van der Waals surface area contributed by atoms with Gasteiger partial charge in [0.15, 0.2) is 0 Å². The molecule has 0 aromatic heterocycles. The highest BCUT2D eigenvalue weighted by molar-refractivity contribution is 5.42. The van der Waals surface area contributed by atoms with Crippen molar-refractivity contribution in [3.8, 4) is 0 Å². The van der Waals surface area contributed by atoms with Crippen LogP contribution in [0.15, 0.2) is 24.3 Å². The molecule has 0 saturated heterocycles. The van der Waals surface area contributed by atoms with Gasteiger partial charge in [0.25, 0.3) is 0 Å². The molecule has 1 aromatic rings. The maximum atomic E-state index is 12.5. The number of nitrogens with one attached hydrogen (secondary N) is 1. The Labute approximate surface area is 83.8 Å². The zero-order valence-electron chi connectivity index (χ0n) is 8.55. The first-order valence-electron chi connectivity index (χ1n) is 4.69. The summed E-state index contributed by atoms with van der Waals surface area (Å²) in [5.74, 6) is -0.238. The Morgan fingerprint density at radius 3 is 2.36 bits per heavy atom. The average Bonchev–Trinajstić information content (AvgIpc) is 2.06. The number of hydrogen-bond acceptors (Lipinski definition) is 2. The number of halogens is 1. The van der Waals surface area contributed by atoms with Crippen LogP contribution in [-0.4, -0.2) is 17.3 Å². The maximum Gasteiger partial charge on any atom is 0.123 e. The quantitative estimate of drug-likeness (QED) is 0.776. The maximum absolute atomic E-state index is 12.5. The van der Waals surface area contributed by atoms with E-state index in [1.165, 1.54) is 12.1 Å². The van der Waals surface area contributed by atoms with Crippen molar-refractivity contribution in [2.75, 3.05) is 11.9 Å². The van der Waals surface area contributed by atoms with Gasteiger partial charge >= 0.3 is 0 Å². The van der Waals surface area contributed by atoms with Gasteiger partial charge in [-0.2, -0.15) is 0 Å². The summed E-state index contributed by atoms with van der Waals surface area (Å²) in [7, 11) is 0. The van der Waals surface area contributed by atoms with Crippen molar-refractivity contribution in [2.45, 2.75) is 25.9 Å². The molecule has 0 fully saturated rings. The van der Waals surface area contributed by atoms with Crippen molar-refractivity contribution >= 4 is 5.69 Å². The minimum Gasteiger partial charge on any atom is -0.390 e. The fourth-order valence-corrected chi connectivity index (χ4v) is 1.08. The molecule has 2 nitrogen and oxygen atoms in total. The Balaban J connectivity index is 2.35. The summed E-state index contributed by atoms with van der Waals surface area (Å²) in [6, 6.07) is 6.18. The van der Waals surface area contributed by atoms with E-state index >= 15 is 0 Å². The molecule has 0 atom stereocenters. The lowest BCUT2D eigenvalue weighted by atomic mass is 10.1. The van der Waals surface area contributed by atoms with E-state index in [-0.39, 0.29) is 5.82 Å². The highest BCUT2D eigenvalue weighted by Gasteiger charge is 2.10. The van der Waals surface area contributed by atoms with E-state index in [9.17, 15) is 9.50 Å². The van der Waals surface area contributed by atoms with E-state index in [1.54, 1.807) is 26.0 Å². The van der Waals surface area contributed by atoms with E-state index in [4.69, 9.17) is 0 Å². The van der Waals surface area contributed by atoms with E-state index < -0.39 is 5.60 Å². The summed E-state index contributed by atoms with van der Waals surface area (Å²) >= 11 is 0. The predicted octanol–water partition coefficient (Wildman–Crippen LogP) is 2.40. The molecule has 0 heterocycles. The molecular formula is C11H16FNO. The van der Waals surface area contributed by atoms with Crippen molar-refractivity contribution in [3.05, 3.63) is 30.1 Å². The average molecular weight is 197 g/mol. The molecule has 1 rings (SSSR count). The Hall–Kier alpha value is -1.09. The first-order chi connectivity index (χ1) is 6.47. The van der Waals surface area contributed by atoms with Crippen molar-refractivity contribution in [3.63, 3.8) is 0 Å². The lowest BCUT2D eigenvalue weighted by Gasteiger charge is -2.17. The Bertz CT molecular complexity index is 276. The van der Waals surface area contributed by atoms with Crippen LogP contribution in [0.5, 0.6) is 0 Å². The predicted molar refractivity (Wildman–Crippen MR) is 55.8 cm³/mol. The van der Waals surface area contributed by atoms with Crippen LogP contribution in [0.1, 0.15) is 20.3 Å². The summed E-state index contributed by atoms with van der Waals surface area (Å²) in [6.45, 7) is 4.20. The highest BCUT2D eigenvalue weighted by atomic mass is 19.1. The number of anilines is 1. The Kier molecular flexibility index (Phi) is 3.47. The number of aliphatic hydroxyl groups is 1. The summed E-state index contributed by atoms with van der Waals surface area (Å²) in [4.78, 5) is 0. The topological polar surface area (TPSA) is 32.3 Å². The summed E-state index contributed by atoms with van der Waals surface area (Å²) < 4.78 is 12.5. The zero-order chi connectivity index (χ0) is 10.6. The fourth-order valence-electron chi connectivity index (χ4n) is 1.08. The van der Waals surface area contributed by atoms with Crippen LogP contribution >= 0.6 is 0 Å². The summed E-state index contributed by atoms with van der Waals surface area (Å²) in [5, 5.41) is 12.5. The first kappa shape index (κ1) is 11.0. The van der Waals surface area contributed by atoms with Gasteiger partial charge in [-0.1, -0.05) is 0 Å². The van der Waals surface area contributed by atoms with Crippen molar-refractivity contribution in [1.82, 2.24) is 0 Å². The van der Waals surface area contributed by atoms with Crippen LogP contribution in [0.25, 0.3) is 0 Å². The molecule has 0 unspecified atom stereocenters. The first-order valence-corrected chi connectivity index (χ1v) is 4.69. The van der Waals surface area contributed by atoms with Gasteiger partial charge in [0.05, 0.1) is 5.60 Å². The molecule has 0 amide bonds. The lowest BCUT2D eigenvalue weighted by Crippen LogP contribution is -2.22. The lowest BCUT2D eigenvalue weighted by molar-refractivity contribution is 0.0749. The Morgan fingerprint density at radius 1 is 1.29 bits per heavy atom. The Morgan fingerprint density at radius 2 is 1.86 bits per heavy atom. The van der Waals surface area contributed by atoms with Gasteiger partial charge in [-0.15, -0.1) is 0 Å². The molecular weight excluding hydrogens is 181 g/mol. The van der Waals surface area contributed by atoms with E-state index in [0.29, 0.717) is 13.0 Å². The number of benzene rings is 1. The molecule has 0 aliphatic carbocycles. The minimum absolute atomic E-state index is 0.238. The van der Waals surface area contributed by atoms with Crippen LogP contribution in [0, 0.1) is 5.82 Å². The molecule has 0 radical (unpaired) electrons. The van der Waals surface area contributed by atoms with Gasteiger partial charge in [-0.25, -0.2) is 4.39 Å². The van der Waals surface area contributed by atoms with Gasteiger partial charge in [0, 0.05) is 12.2 Å². The third-order valence-corrected chi connectivity index (χ3v) is 1.91. The second-order valence-corrected chi connectivity index (χ2v) is 4.00. The standard InChI is InChI=1S/C11H16FNO/c1-11(2,14)7-8-13-10-5-3-9(12)4-6-10/h3-6,13-14H,7-8H2,1-2H3. The zero-order valence-corrected chi connectivity index (χ0v) is 8.55. The van der Waals surface area contributed by atoms with Crippen molar-refractivity contribution in [1.29, 1.82) is 0 Å². The van der Waals surface area contributed by atoms with Crippen molar-refractivity contribution in [2.24, 2.45) is 0 Å². The SMILES string of the molecule is CC(C)(O)CCNc1ccc(F)cc1. The normalized spacial score (nSPS) is 11.4. The van der Waals surface area contributed by atoms with Gasteiger partial charge in [-0.05, 0) is 44.5 Å². The second-order valence-electron chi connectivity index (χ2n) is 4.00. The molecule has 0 aliphatic rings. The van der Waals surface area contributed by atoms with Crippen LogP contribution < -0.4 is 5.32 Å². The largest absolute Gasteiger partial charge is 0.390 e. The molecule has 0 spiro atoms. The van der Waals surface area contributed by atoms with E-state index in [1.807, 2.05) is 0 Å². The van der Waals surface area contributed by atoms with Gasteiger partial charge in [0.2, 0.25) is 0 Å². The number of hydrogen-bond donors (Lipinski definition) is 2. The van der Waals surface area contributed by atoms with Gasteiger partial charge < -0.3 is 10.4 Å². The molecule has 3 heteroatoms. The van der Waals surface area contributed by atoms with Gasteiger partial charge in [-0.3, -0.25) is 0 Å². The molecule has 0 bridgehead atoms. The van der Waals surface area contributed by atoms with E-state index in [2.05, 4.69) is 5.32 Å². The molecule has 2 N–H and O–H groups in total.